The first-order valence-corrected chi connectivity index (χ1v) is 9.27. The van der Waals surface area contributed by atoms with Gasteiger partial charge in [-0.25, -0.2) is 4.79 Å². The monoisotopic (exact) mass is 417 g/mol. The molecule has 1 heterocycles. The van der Waals surface area contributed by atoms with Gasteiger partial charge in [-0.2, -0.15) is 0 Å². The summed E-state index contributed by atoms with van der Waals surface area (Å²) in [4.78, 5) is 25.2. The molecule has 0 spiro atoms. The van der Waals surface area contributed by atoms with Crippen LogP contribution in [0.1, 0.15) is 24.0 Å². The first-order chi connectivity index (χ1) is 12.5. The summed E-state index contributed by atoms with van der Waals surface area (Å²) in [6, 6.07) is 17.4. The zero-order chi connectivity index (χ0) is 18.6. The van der Waals surface area contributed by atoms with Gasteiger partial charge in [-0.1, -0.05) is 58.4 Å². The van der Waals surface area contributed by atoms with Gasteiger partial charge in [0, 0.05) is 23.9 Å². The lowest BCUT2D eigenvalue weighted by molar-refractivity contribution is -0.138. The van der Waals surface area contributed by atoms with Crippen LogP contribution in [-0.2, 0) is 21.6 Å². The second kappa shape index (κ2) is 7.91. The maximum atomic E-state index is 12.4. The van der Waals surface area contributed by atoms with Gasteiger partial charge in [-0.15, -0.1) is 0 Å². The van der Waals surface area contributed by atoms with E-state index in [1.165, 1.54) is 0 Å². The zero-order valence-corrected chi connectivity index (χ0v) is 15.8. The number of ether oxygens (including phenoxy) is 1. The molecule has 2 aromatic carbocycles. The highest BCUT2D eigenvalue weighted by Gasteiger charge is 2.46. The van der Waals surface area contributed by atoms with Crippen molar-refractivity contribution in [2.45, 2.75) is 24.9 Å². The summed E-state index contributed by atoms with van der Waals surface area (Å²) >= 11 is 3.41. The number of carbonyl (C=O) groups excluding carboxylic acids is 1. The number of carbonyl (C=O) groups is 2. The lowest BCUT2D eigenvalue weighted by atomic mass is 9.89. The highest BCUT2D eigenvalue weighted by atomic mass is 79.9. The highest BCUT2D eigenvalue weighted by molar-refractivity contribution is 9.10. The van der Waals surface area contributed by atoms with E-state index in [0.29, 0.717) is 19.5 Å². The van der Waals surface area contributed by atoms with Gasteiger partial charge < -0.3 is 14.7 Å². The lowest BCUT2D eigenvalue weighted by Gasteiger charge is -2.27. The zero-order valence-electron chi connectivity index (χ0n) is 14.2. The molecule has 0 saturated carbocycles. The Morgan fingerprint density at radius 3 is 2.50 bits per heavy atom. The molecule has 0 bridgehead atoms. The van der Waals surface area contributed by atoms with Crippen molar-refractivity contribution in [1.82, 2.24) is 4.90 Å². The highest BCUT2D eigenvalue weighted by Crippen LogP contribution is 2.37. The smallest absolute Gasteiger partial charge is 0.410 e. The van der Waals surface area contributed by atoms with Crippen molar-refractivity contribution in [1.29, 1.82) is 0 Å². The van der Waals surface area contributed by atoms with E-state index < -0.39 is 17.7 Å². The van der Waals surface area contributed by atoms with Crippen molar-refractivity contribution in [3.05, 3.63) is 70.2 Å². The summed E-state index contributed by atoms with van der Waals surface area (Å²) < 4.78 is 6.73. The van der Waals surface area contributed by atoms with Crippen molar-refractivity contribution in [2.24, 2.45) is 0 Å². The van der Waals surface area contributed by atoms with E-state index in [0.717, 1.165) is 15.6 Å². The number of benzene rings is 2. The van der Waals surface area contributed by atoms with Gasteiger partial charge in [-0.05, 0) is 29.7 Å². The Kier molecular flexibility index (Phi) is 5.61. The Hall–Kier alpha value is -2.34. The van der Waals surface area contributed by atoms with E-state index in [9.17, 15) is 9.59 Å². The van der Waals surface area contributed by atoms with Gasteiger partial charge in [0.15, 0.2) is 5.60 Å². The number of hydrogen-bond acceptors (Lipinski definition) is 3. The van der Waals surface area contributed by atoms with Gasteiger partial charge in [0.1, 0.15) is 0 Å². The molecular formula is C20H20BrNO4. The summed E-state index contributed by atoms with van der Waals surface area (Å²) in [6.07, 6.45) is 0.526. The molecule has 1 amide bonds. The number of aliphatic carboxylic acids is 1. The Morgan fingerprint density at radius 2 is 1.85 bits per heavy atom. The standard InChI is InChI=1S/C20H20BrNO4/c21-17-8-6-15(7-9-17)11-13-22-14-20(26-19(22)25,12-10-18(23)24)16-4-2-1-3-5-16/h1-9H,10-14H2,(H,23,24)/t20-/m1/s1. The van der Waals surface area contributed by atoms with Crippen LogP contribution in [-0.4, -0.2) is 35.2 Å². The summed E-state index contributed by atoms with van der Waals surface area (Å²) in [5.41, 5.74) is 1.06. The third-order valence-electron chi connectivity index (χ3n) is 4.61. The molecule has 0 aromatic heterocycles. The van der Waals surface area contributed by atoms with Crippen LogP contribution >= 0.6 is 15.9 Å². The van der Waals surface area contributed by atoms with Crippen molar-refractivity contribution < 1.29 is 19.4 Å². The minimum Gasteiger partial charge on any atom is -0.481 e. The van der Waals surface area contributed by atoms with Gasteiger partial charge in [0.2, 0.25) is 0 Å². The quantitative estimate of drug-likeness (QED) is 0.732. The predicted octanol–water partition coefficient (Wildman–Crippen LogP) is 4.20. The number of carboxylic acids is 1. The van der Waals surface area contributed by atoms with Crippen LogP contribution in [0.2, 0.25) is 0 Å². The van der Waals surface area contributed by atoms with Crippen molar-refractivity contribution in [2.75, 3.05) is 13.1 Å². The summed E-state index contributed by atoms with van der Waals surface area (Å²) in [6.45, 7) is 0.891. The van der Waals surface area contributed by atoms with Gasteiger partial charge >= 0.3 is 12.1 Å². The molecular weight excluding hydrogens is 398 g/mol. The maximum absolute atomic E-state index is 12.4. The van der Waals surface area contributed by atoms with Crippen LogP contribution in [0.4, 0.5) is 4.79 Å². The summed E-state index contributed by atoms with van der Waals surface area (Å²) in [7, 11) is 0. The molecule has 136 valence electrons. The number of cyclic esters (lactones) is 1. The minimum atomic E-state index is -0.906. The average Bonchev–Trinajstić information content (AvgIpc) is 2.97. The lowest BCUT2D eigenvalue weighted by Crippen LogP contribution is -2.33. The predicted molar refractivity (Wildman–Crippen MR) is 101 cm³/mol. The van der Waals surface area contributed by atoms with E-state index >= 15 is 0 Å². The van der Waals surface area contributed by atoms with Crippen LogP contribution in [0.25, 0.3) is 0 Å². The second-order valence-electron chi connectivity index (χ2n) is 6.42. The number of nitrogens with zero attached hydrogens (tertiary/aromatic N) is 1. The van der Waals surface area contributed by atoms with Gasteiger partial charge in [-0.3, -0.25) is 4.79 Å². The van der Waals surface area contributed by atoms with E-state index in [2.05, 4.69) is 15.9 Å². The molecule has 5 nitrogen and oxygen atoms in total. The molecule has 2 aromatic rings. The Labute approximate surface area is 160 Å². The fourth-order valence-electron chi connectivity index (χ4n) is 3.20. The van der Waals surface area contributed by atoms with Crippen LogP contribution in [0.15, 0.2) is 59.1 Å². The molecule has 1 fully saturated rings. The van der Waals surface area contributed by atoms with Crippen molar-refractivity contribution >= 4 is 28.0 Å². The molecule has 0 radical (unpaired) electrons. The van der Waals surface area contributed by atoms with Crippen molar-refractivity contribution in [3.63, 3.8) is 0 Å². The number of carboxylic acid groups (broad SMARTS) is 1. The SMILES string of the molecule is O=C(O)CC[C@]1(c2ccccc2)CN(CCc2ccc(Br)cc2)C(=O)O1. The van der Waals surface area contributed by atoms with Crippen LogP contribution in [0.3, 0.4) is 0 Å². The Morgan fingerprint density at radius 1 is 1.15 bits per heavy atom. The number of halogens is 1. The van der Waals surface area contributed by atoms with Crippen LogP contribution < -0.4 is 0 Å². The maximum Gasteiger partial charge on any atom is 0.410 e. The van der Waals surface area contributed by atoms with Crippen molar-refractivity contribution in [3.8, 4) is 0 Å². The van der Waals surface area contributed by atoms with Crippen LogP contribution in [0.5, 0.6) is 0 Å². The molecule has 0 unspecified atom stereocenters. The molecule has 6 heteroatoms. The Bertz CT molecular complexity index is 778. The second-order valence-corrected chi connectivity index (χ2v) is 7.34. The third kappa shape index (κ3) is 4.25. The molecule has 3 rings (SSSR count). The van der Waals surface area contributed by atoms with E-state index in [4.69, 9.17) is 9.84 Å². The average molecular weight is 418 g/mol. The first kappa shape index (κ1) is 18.5. The topological polar surface area (TPSA) is 66.8 Å². The number of rotatable bonds is 7. The fourth-order valence-corrected chi connectivity index (χ4v) is 3.46. The molecule has 1 saturated heterocycles. The summed E-state index contributed by atoms with van der Waals surface area (Å²) in [5.74, 6) is -0.898. The molecule has 1 atom stereocenters. The van der Waals surface area contributed by atoms with E-state index in [-0.39, 0.29) is 12.8 Å². The van der Waals surface area contributed by atoms with E-state index in [1.54, 1.807) is 4.90 Å². The molecule has 1 aliphatic rings. The summed E-state index contributed by atoms with van der Waals surface area (Å²) in [5, 5.41) is 9.08. The van der Waals surface area contributed by atoms with Crippen LogP contribution in [0, 0.1) is 0 Å². The third-order valence-corrected chi connectivity index (χ3v) is 5.14. The molecule has 1 N–H and O–H groups in total. The number of hydrogen-bond donors (Lipinski definition) is 1. The molecule has 1 aliphatic heterocycles. The van der Waals surface area contributed by atoms with Gasteiger partial charge in [0.25, 0.3) is 0 Å². The van der Waals surface area contributed by atoms with E-state index in [1.807, 2.05) is 54.6 Å². The Balaban J connectivity index is 1.74. The molecule has 26 heavy (non-hydrogen) atoms. The van der Waals surface area contributed by atoms with Gasteiger partial charge in [0.05, 0.1) is 6.54 Å². The largest absolute Gasteiger partial charge is 0.481 e. The fraction of sp³-hybridized carbons (Fsp3) is 0.300. The number of amides is 1. The normalized spacial score (nSPS) is 19.4. The minimum absolute atomic E-state index is 0.0529. The first-order valence-electron chi connectivity index (χ1n) is 8.48. The molecule has 0 aliphatic carbocycles.